The Labute approximate surface area is 178 Å². The molecule has 3 heterocycles. The van der Waals surface area contributed by atoms with Gasteiger partial charge in [0.05, 0.1) is 11.9 Å². The molecule has 2 fully saturated rings. The van der Waals surface area contributed by atoms with Crippen LogP contribution in [0.1, 0.15) is 12.8 Å². The Morgan fingerprint density at radius 1 is 1.35 bits per heavy atom. The van der Waals surface area contributed by atoms with Crippen molar-refractivity contribution in [2.24, 2.45) is 12.0 Å². The standard InChI is InChI=1S/C17H31N7S.HI/c1-18-17(19-5-7-23-8-10-25-11-9-23)21-15-4-3-6-24(13-15)16-12-20-22(2)14-16;/h12,14-15H,3-11,13H2,1-2H3,(H2,18,19,21);1H. The molecule has 1 unspecified atom stereocenters. The van der Waals surface area contributed by atoms with E-state index in [0.29, 0.717) is 6.04 Å². The fourth-order valence-corrected chi connectivity index (χ4v) is 4.42. The number of rotatable bonds is 5. The van der Waals surface area contributed by atoms with Crippen LogP contribution >= 0.6 is 35.7 Å². The van der Waals surface area contributed by atoms with Gasteiger partial charge in [0, 0.05) is 77.1 Å². The molecule has 3 rings (SSSR count). The second kappa shape index (κ2) is 11.2. The molecule has 148 valence electrons. The van der Waals surface area contributed by atoms with Crippen molar-refractivity contribution in [1.29, 1.82) is 0 Å². The number of thioether (sulfide) groups is 1. The Balaban J connectivity index is 0.00000243. The molecular formula is C17H32IN7S. The van der Waals surface area contributed by atoms with E-state index >= 15 is 0 Å². The lowest BCUT2D eigenvalue weighted by Crippen LogP contribution is -2.52. The van der Waals surface area contributed by atoms with E-state index in [1.807, 2.05) is 25.0 Å². The third kappa shape index (κ3) is 6.49. The Morgan fingerprint density at radius 3 is 2.85 bits per heavy atom. The number of anilines is 1. The average molecular weight is 493 g/mol. The van der Waals surface area contributed by atoms with Gasteiger partial charge in [0.1, 0.15) is 0 Å². The first kappa shape index (κ1) is 21.6. The van der Waals surface area contributed by atoms with Gasteiger partial charge in [-0.3, -0.25) is 14.6 Å². The quantitative estimate of drug-likeness (QED) is 0.366. The highest BCUT2D eigenvalue weighted by atomic mass is 127. The summed E-state index contributed by atoms with van der Waals surface area (Å²) in [5, 5.41) is 11.4. The maximum atomic E-state index is 4.40. The molecule has 0 spiro atoms. The first-order chi connectivity index (χ1) is 12.2. The van der Waals surface area contributed by atoms with Gasteiger partial charge < -0.3 is 15.5 Å². The number of aliphatic imine (C=N–C) groups is 1. The molecule has 2 aliphatic rings. The highest BCUT2D eigenvalue weighted by Crippen LogP contribution is 2.18. The van der Waals surface area contributed by atoms with Gasteiger partial charge in [0.15, 0.2) is 5.96 Å². The molecule has 2 aliphatic heterocycles. The SMILES string of the molecule is CN=C(NCCN1CCSCC1)NC1CCCN(c2cnn(C)c2)C1.I. The fraction of sp³-hybridized carbons (Fsp3) is 0.765. The molecular weight excluding hydrogens is 461 g/mol. The van der Waals surface area contributed by atoms with E-state index in [1.165, 1.54) is 43.1 Å². The molecule has 1 aromatic heterocycles. The largest absolute Gasteiger partial charge is 0.367 e. The molecule has 1 atom stereocenters. The molecule has 0 amide bonds. The van der Waals surface area contributed by atoms with Crippen molar-refractivity contribution in [3.05, 3.63) is 12.4 Å². The molecule has 2 N–H and O–H groups in total. The topological polar surface area (TPSA) is 60.7 Å². The zero-order valence-corrected chi connectivity index (χ0v) is 19.0. The van der Waals surface area contributed by atoms with Crippen molar-refractivity contribution < 1.29 is 0 Å². The lowest BCUT2D eigenvalue weighted by atomic mass is 10.1. The van der Waals surface area contributed by atoms with Crippen molar-refractivity contribution in [2.75, 3.05) is 62.7 Å². The molecule has 9 heteroatoms. The average Bonchev–Trinajstić information content (AvgIpc) is 3.08. The molecule has 0 aliphatic carbocycles. The van der Waals surface area contributed by atoms with Crippen LogP contribution in [0.5, 0.6) is 0 Å². The third-order valence-electron chi connectivity index (χ3n) is 4.87. The zero-order valence-electron chi connectivity index (χ0n) is 15.9. The number of nitrogens with zero attached hydrogens (tertiary/aromatic N) is 5. The number of aromatic nitrogens is 2. The van der Waals surface area contributed by atoms with Gasteiger partial charge in [0.2, 0.25) is 0 Å². The van der Waals surface area contributed by atoms with E-state index in [4.69, 9.17) is 0 Å². The van der Waals surface area contributed by atoms with E-state index in [2.05, 4.69) is 48.5 Å². The summed E-state index contributed by atoms with van der Waals surface area (Å²) >= 11 is 2.06. The van der Waals surface area contributed by atoms with Crippen LogP contribution in [-0.4, -0.2) is 84.5 Å². The second-order valence-corrected chi connectivity index (χ2v) is 7.98. The van der Waals surface area contributed by atoms with Crippen LogP contribution in [0.25, 0.3) is 0 Å². The highest BCUT2D eigenvalue weighted by molar-refractivity contribution is 14.0. The van der Waals surface area contributed by atoms with Gasteiger partial charge in [-0.05, 0) is 12.8 Å². The van der Waals surface area contributed by atoms with E-state index < -0.39 is 0 Å². The summed E-state index contributed by atoms with van der Waals surface area (Å²) in [4.78, 5) is 9.34. The monoisotopic (exact) mass is 493 g/mol. The van der Waals surface area contributed by atoms with Crippen molar-refractivity contribution >= 4 is 47.4 Å². The van der Waals surface area contributed by atoms with E-state index in [0.717, 1.165) is 32.1 Å². The van der Waals surface area contributed by atoms with Crippen molar-refractivity contribution in [3.63, 3.8) is 0 Å². The smallest absolute Gasteiger partial charge is 0.191 e. The summed E-state index contributed by atoms with van der Waals surface area (Å²) in [6.07, 6.45) is 6.41. The number of hydrogen-bond donors (Lipinski definition) is 2. The Bertz CT molecular complexity index is 559. The zero-order chi connectivity index (χ0) is 17.5. The van der Waals surface area contributed by atoms with Gasteiger partial charge in [-0.1, -0.05) is 0 Å². The minimum absolute atomic E-state index is 0. The van der Waals surface area contributed by atoms with Crippen molar-refractivity contribution in [1.82, 2.24) is 25.3 Å². The van der Waals surface area contributed by atoms with Crippen LogP contribution in [0.2, 0.25) is 0 Å². The summed E-state index contributed by atoms with van der Waals surface area (Å²) in [5.41, 5.74) is 1.21. The number of nitrogens with one attached hydrogen (secondary N) is 2. The summed E-state index contributed by atoms with van der Waals surface area (Å²) in [6, 6.07) is 0.423. The van der Waals surface area contributed by atoms with Crippen LogP contribution in [-0.2, 0) is 7.05 Å². The molecule has 0 bridgehead atoms. The Kier molecular flexibility index (Phi) is 9.34. The lowest BCUT2D eigenvalue weighted by molar-refractivity contribution is 0.306. The van der Waals surface area contributed by atoms with Crippen LogP contribution in [0, 0.1) is 0 Å². The van der Waals surface area contributed by atoms with E-state index in [9.17, 15) is 0 Å². The Hall–Kier alpha value is -0.680. The maximum Gasteiger partial charge on any atom is 0.191 e. The first-order valence-electron chi connectivity index (χ1n) is 9.25. The molecule has 0 saturated carbocycles. The van der Waals surface area contributed by atoms with Crippen LogP contribution in [0.15, 0.2) is 17.4 Å². The predicted molar refractivity (Wildman–Crippen MR) is 122 cm³/mol. The number of guanidine groups is 1. The van der Waals surface area contributed by atoms with Crippen molar-refractivity contribution in [3.8, 4) is 0 Å². The maximum absolute atomic E-state index is 4.40. The molecule has 0 aromatic carbocycles. The Morgan fingerprint density at radius 2 is 2.15 bits per heavy atom. The van der Waals surface area contributed by atoms with Crippen LogP contribution < -0.4 is 15.5 Å². The molecule has 1 aromatic rings. The van der Waals surface area contributed by atoms with Gasteiger partial charge in [-0.2, -0.15) is 16.9 Å². The van der Waals surface area contributed by atoms with Gasteiger partial charge in [0.25, 0.3) is 0 Å². The van der Waals surface area contributed by atoms with Gasteiger partial charge >= 0.3 is 0 Å². The number of hydrogen-bond acceptors (Lipinski definition) is 5. The predicted octanol–water partition coefficient (Wildman–Crippen LogP) is 1.22. The number of aryl methyl sites for hydroxylation is 1. The van der Waals surface area contributed by atoms with Gasteiger partial charge in [-0.25, -0.2) is 0 Å². The molecule has 7 nitrogen and oxygen atoms in total. The van der Waals surface area contributed by atoms with Gasteiger partial charge in [-0.15, -0.1) is 24.0 Å². The summed E-state index contributed by atoms with van der Waals surface area (Å²) < 4.78 is 1.87. The van der Waals surface area contributed by atoms with Crippen molar-refractivity contribution in [2.45, 2.75) is 18.9 Å². The summed E-state index contributed by atoms with van der Waals surface area (Å²) in [7, 11) is 3.82. The van der Waals surface area contributed by atoms with Crippen LogP contribution in [0.4, 0.5) is 5.69 Å². The second-order valence-electron chi connectivity index (χ2n) is 6.75. The number of piperidine rings is 1. The molecule has 0 radical (unpaired) electrons. The molecule has 2 saturated heterocycles. The van der Waals surface area contributed by atoms with Crippen LogP contribution in [0.3, 0.4) is 0 Å². The lowest BCUT2D eigenvalue weighted by Gasteiger charge is -2.34. The fourth-order valence-electron chi connectivity index (χ4n) is 3.45. The van der Waals surface area contributed by atoms with E-state index in [1.54, 1.807) is 0 Å². The number of halogens is 1. The summed E-state index contributed by atoms with van der Waals surface area (Å²) in [6.45, 7) is 6.55. The minimum atomic E-state index is 0. The summed E-state index contributed by atoms with van der Waals surface area (Å²) in [5.74, 6) is 3.45. The van der Waals surface area contributed by atoms with E-state index in [-0.39, 0.29) is 24.0 Å². The first-order valence-corrected chi connectivity index (χ1v) is 10.4. The normalized spacial score (nSPS) is 22.0. The minimum Gasteiger partial charge on any atom is -0.367 e. The molecule has 26 heavy (non-hydrogen) atoms. The third-order valence-corrected chi connectivity index (χ3v) is 5.81. The highest BCUT2D eigenvalue weighted by Gasteiger charge is 2.21.